The third-order valence-corrected chi connectivity index (χ3v) is 2.93. The summed E-state index contributed by atoms with van der Waals surface area (Å²) in [7, 11) is 4.11. The first-order valence-corrected chi connectivity index (χ1v) is 6.46. The van der Waals surface area contributed by atoms with E-state index in [2.05, 4.69) is 30.4 Å². The fourth-order valence-electron chi connectivity index (χ4n) is 1.94. The lowest BCUT2D eigenvalue weighted by molar-refractivity contribution is 0.0990. The summed E-state index contributed by atoms with van der Waals surface area (Å²) in [6.07, 6.45) is 1.06. The number of benzene rings is 1. The molecule has 1 aromatic rings. The summed E-state index contributed by atoms with van der Waals surface area (Å²) in [4.78, 5) is 14.1. The molecule has 0 aromatic heterocycles. The number of hydrogen-bond acceptors (Lipinski definition) is 3. The Labute approximate surface area is 110 Å². The molecule has 100 valence electrons. The van der Waals surface area contributed by atoms with Crippen LogP contribution in [0.1, 0.15) is 27.9 Å². The number of carbonyl (C=O) groups is 1. The van der Waals surface area contributed by atoms with Crippen molar-refractivity contribution in [1.29, 1.82) is 0 Å². The van der Waals surface area contributed by atoms with Crippen LogP contribution < -0.4 is 5.32 Å². The van der Waals surface area contributed by atoms with E-state index in [-0.39, 0.29) is 5.78 Å². The van der Waals surface area contributed by atoms with Crippen LogP contribution in [0.3, 0.4) is 0 Å². The van der Waals surface area contributed by atoms with Crippen LogP contribution in [0.2, 0.25) is 0 Å². The molecule has 0 saturated carbocycles. The van der Waals surface area contributed by atoms with E-state index in [9.17, 15) is 4.79 Å². The van der Waals surface area contributed by atoms with Crippen LogP contribution in [0.5, 0.6) is 0 Å². The maximum absolute atomic E-state index is 12.0. The summed E-state index contributed by atoms with van der Waals surface area (Å²) >= 11 is 0. The van der Waals surface area contributed by atoms with Gasteiger partial charge in [-0.2, -0.15) is 0 Å². The van der Waals surface area contributed by atoms with Gasteiger partial charge in [0.05, 0.1) is 6.54 Å². The van der Waals surface area contributed by atoms with Gasteiger partial charge >= 0.3 is 0 Å². The molecule has 0 atom stereocenters. The zero-order valence-electron chi connectivity index (χ0n) is 11.9. The fraction of sp³-hybridized carbons (Fsp3) is 0.533. The number of ketones is 1. The quantitative estimate of drug-likeness (QED) is 0.592. The van der Waals surface area contributed by atoms with Gasteiger partial charge in [0.15, 0.2) is 5.78 Å². The smallest absolute Gasteiger partial charge is 0.176 e. The number of nitrogens with one attached hydrogen (secondary N) is 1. The lowest BCUT2D eigenvalue weighted by Crippen LogP contribution is -2.26. The lowest BCUT2D eigenvalue weighted by atomic mass is 10.0. The third-order valence-electron chi connectivity index (χ3n) is 2.93. The van der Waals surface area contributed by atoms with E-state index in [1.54, 1.807) is 0 Å². The average molecular weight is 248 g/mol. The molecule has 3 heteroatoms. The minimum atomic E-state index is 0.178. The molecule has 1 rings (SSSR count). The third kappa shape index (κ3) is 4.98. The first-order chi connectivity index (χ1) is 8.50. The lowest BCUT2D eigenvalue weighted by Gasteiger charge is -2.10. The van der Waals surface area contributed by atoms with Crippen LogP contribution in [-0.4, -0.2) is 44.4 Å². The van der Waals surface area contributed by atoms with Gasteiger partial charge in [0.2, 0.25) is 0 Å². The number of hydrogen-bond donors (Lipinski definition) is 1. The zero-order valence-corrected chi connectivity index (χ0v) is 11.9. The summed E-state index contributed by atoms with van der Waals surface area (Å²) < 4.78 is 0. The molecular formula is C15H24N2O. The SMILES string of the molecule is Cc1ccc(C(=O)CNCCCN(C)C)c(C)c1. The first-order valence-electron chi connectivity index (χ1n) is 6.46. The predicted octanol–water partition coefficient (Wildman–Crippen LogP) is 2.03. The summed E-state index contributed by atoms with van der Waals surface area (Å²) in [5, 5.41) is 3.20. The largest absolute Gasteiger partial charge is 0.310 e. The van der Waals surface area contributed by atoms with Crippen molar-refractivity contribution in [3.63, 3.8) is 0 Å². The van der Waals surface area contributed by atoms with E-state index >= 15 is 0 Å². The topological polar surface area (TPSA) is 32.3 Å². The van der Waals surface area contributed by atoms with Crippen molar-refractivity contribution < 1.29 is 4.79 Å². The van der Waals surface area contributed by atoms with Gasteiger partial charge in [-0.15, -0.1) is 0 Å². The van der Waals surface area contributed by atoms with Crippen LogP contribution in [0.15, 0.2) is 18.2 Å². The first kappa shape index (κ1) is 14.9. The molecular weight excluding hydrogens is 224 g/mol. The Hall–Kier alpha value is -1.19. The van der Waals surface area contributed by atoms with E-state index in [4.69, 9.17) is 0 Å². The second kappa shape index (κ2) is 7.29. The van der Waals surface area contributed by atoms with Gasteiger partial charge in [0, 0.05) is 5.56 Å². The maximum Gasteiger partial charge on any atom is 0.176 e. The molecule has 0 heterocycles. The molecule has 0 saturated heterocycles. The number of nitrogens with zero attached hydrogens (tertiary/aromatic N) is 1. The molecule has 0 aliphatic carbocycles. The number of aryl methyl sites for hydroxylation is 2. The second-order valence-electron chi connectivity index (χ2n) is 5.08. The van der Waals surface area contributed by atoms with Crippen molar-refractivity contribution in [3.05, 3.63) is 34.9 Å². The van der Waals surface area contributed by atoms with E-state index in [1.165, 1.54) is 5.56 Å². The Kier molecular flexibility index (Phi) is 6.02. The average Bonchev–Trinajstić information content (AvgIpc) is 2.27. The molecule has 3 nitrogen and oxygen atoms in total. The molecule has 0 radical (unpaired) electrons. The predicted molar refractivity (Wildman–Crippen MR) is 76.3 cm³/mol. The van der Waals surface area contributed by atoms with Gasteiger partial charge in [-0.1, -0.05) is 23.8 Å². The highest BCUT2D eigenvalue weighted by Crippen LogP contribution is 2.10. The summed E-state index contributed by atoms with van der Waals surface area (Å²) in [6.45, 7) is 6.39. The molecule has 0 aliphatic heterocycles. The van der Waals surface area contributed by atoms with E-state index in [0.717, 1.165) is 30.6 Å². The Morgan fingerprint density at radius 1 is 1.28 bits per heavy atom. The van der Waals surface area contributed by atoms with Crippen LogP contribution >= 0.6 is 0 Å². The highest BCUT2D eigenvalue weighted by molar-refractivity contribution is 5.98. The van der Waals surface area contributed by atoms with Crippen LogP contribution in [-0.2, 0) is 0 Å². The monoisotopic (exact) mass is 248 g/mol. The van der Waals surface area contributed by atoms with Gasteiger partial charge in [0.1, 0.15) is 0 Å². The highest BCUT2D eigenvalue weighted by atomic mass is 16.1. The van der Waals surface area contributed by atoms with Gasteiger partial charge in [-0.3, -0.25) is 4.79 Å². The number of carbonyl (C=O) groups excluding carboxylic acids is 1. The Balaban J connectivity index is 2.36. The molecule has 0 bridgehead atoms. The Bertz CT molecular complexity index is 399. The van der Waals surface area contributed by atoms with Gasteiger partial charge < -0.3 is 10.2 Å². The number of Topliss-reactive ketones (excluding diaryl/α,β-unsaturated/α-hetero) is 1. The molecule has 0 fully saturated rings. The Morgan fingerprint density at radius 2 is 2.00 bits per heavy atom. The van der Waals surface area contributed by atoms with Crippen molar-refractivity contribution in [3.8, 4) is 0 Å². The van der Waals surface area contributed by atoms with E-state index < -0.39 is 0 Å². The van der Waals surface area contributed by atoms with Gasteiger partial charge in [-0.25, -0.2) is 0 Å². The minimum Gasteiger partial charge on any atom is -0.310 e. The molecule has 0 unspecified atom stereocenters. The second-order valence-corrected chi connectivity index (χ2v) is 5.08. The van der Waals surface area contributed by atoms with Crippen molar-refractivity contribution in [2.75, 3.05) is 33.7 Å². The fourth-order valence-corrected chi connectivity index (χ4v) is 1.94. The highest BCUT2D eigenvalue weighted by Gasteiger charge is 2.08. The Morgan fingerprint density at radius 3 is 2.61 bits per heavy atom. The van der Waals surface area contributed by atoms with Crippen LogP contribution in [0, 0.1) is 13.8 Å². The summed E-state index contributed by atoms with van der Waals surface area (Å²) in [5.74, 6) is 0.178. The van der Waals surface area contributed by atoms with E-state index in [0.29, 0.717) is 6.54 Å². The summed E-state index contributed by atoms with van der Waals surface area (Å²) in [5.41, 5.74) is 3.10. The molecule has 1 aromatic carbocycles. The van der Waals surface area contributed by atoms with Crippen LogP contribution in [0.4, 0.5) is 0 Å². The standard InChI is InChI=1S/C15H24N2O/c1-12-6-7-14(13(2)10-12)15(18)11-16-8-5-9-17(3)4/h6-7,10,16H,5,8-9,11H2,1-4H3. The van der Waals surface area contributed by atoms with Crippen molar-refractivity contribution in [2.45, 2.75) is 20.3 Å². The van der Waals surface area contributed by atoms with E-state index in [1.807, 2.05) is 26.0 Å². The van der Waals surface area contributed by atoms with Crippen molar-refractivity contribution >= 4 is 5.78 Å². The van der Waals surface area contributed by atoms with Crippen molar-refractivity contribution in [2.24, 2.45) is 0 Å². The van der Waals surface area contributed by atoms with Gasteiger partial charge in [0.25, 0.3) is 0 Å². The molecule has 0 amide bonds. The molecule has 1 N–H and O–H groups in total. The summed E-state index contributed by atoms with van der Waals surface area (Å²) in [6, 6.07) is 5.97. The van der Waals surface area contributed by atoms with Gasteiger partial charge in [-0.05, 0) is 53.0 Å². The molecule has 18 heavy (non-hydrogen) atoms. The molecule has 0 aliphatic rings. The minimum absolute atomic E-state index is 0.178. The number of rotatable bonds is 7. The normalized spacial score (nSPS) is 10.9. The van der Waals surface area contributed by atoms with Crippen molar-refractivity contribution in [1.82, 2.24) is 10.2 Å². The molecule has 0 spiro atoms. The maximum atomic E-state index is 12.0. The zero-order chi connectivity index (χ0) is 13.5. The van der Waals surface area contributed by atoms with Crippen LogP contribution in [0.25, 0.3) is 0 Å².